The van der Waals surface area contributed by atoms with Gasteiger partial charge in [-0.15, -0.1) is 0 Å². The summed E-state index contributed by atoms with van der Waals surface area (Å²) in [5.41, 5.74) is 1.31. The van der Waals surface area contributed by atoms with Crippen LogP contribution in [0, 0.1) is 0 Å². The van der Waals surface area contributed by atoms with Crippen molar-refractivity contribution in [1.82, 2.24) is 0 Å². The summed E-state index contributed by atoms with van der Waals surface area (Å²) in [6.07, 6.45) is 3.33. The predicted octanol–water partition coefficient (Wildman–Crippen LogP) is 2.79. The molecule has 0 aromatic heterocycles. The van der Waals surface area contributed by atoms with E-state index in [9.17, 15) is 4.79 Å². The van der Waals surface area contributed by atoms with Gasteiger partial charge in [-0.3, -0.25) is 4.79 Å². The molecule has 0 aliphatic carbocycles. The van der Waals surface area contributed by atoms with E-state index in [4.69, 9.17) is 0 Å². The maximum Gasteiger partial charge on any atom is 0.317 e. The lowest BCUT2D eigenvalue weighted by Crippen LogP contribution is -1.96. The summed E-state index contributed by atoms with van der Waals surface area (Å²) >= 11 is 3.44. The van der Waals surface area contributed by atoms with Crippen molar-refractivity contribution in [2.75, 3.05) is 0 Å². The van der Waals surface area contributed by atoms with Crippen molar-refractivity contribution in [3.8, 4) is 0 Å². The van der Waals surface area contributed by atoms with Crippen molar-refractivity contribution in [3.05, 3.63) is 35.9 Å². The number of hydrogen-bond acceptors (Lipinski definition) is 3. The van der Waals surface area contributed by atoms with Crippen molar-refractivity contribution in [2.24, 2.45) is 0 Å². The third-order valence-corrected chi connectivity index (χ3v) is 2.24. The molecule has 0 spiro atoms. The lowest BCUT2D eigenvalue weighted by Gasteiger charge is -2.00. The van der Waals surface area contributed by atoms with Crippen LogP contribution in [0.25, 0.3) is 0 Å². The number of carbonyl (C=O) groups is 1. The molecule has 2 nitrogen and oxygen atoms in total. The van der Waals surface area contributed by atoms with Gasteiger partial charge in [0.2, 0.25) is 0 Å². The number of carbonyl (C=O) groups excluding carboxylic acids is 1. The molecule has 1 rings (SSSR count). The summed E-state index contributed by atoms with van der Waals surface area (Å²) in [5.74, 6) is -0.249. The molecule has 0 fully saturated rings. The van der Waals surface area contributed by atoms with E-state index in [-0.39, 0.29) is 5.97 Å². The highest BCUT2D eigenvalue weighted by atomic mass is 32.1. The normalized spacial score (nSPS) is 9.79. The number of rotatable bonds is 5. The molecule has 0 saturated heterocycles. The van der Waals surface area contributed by atoms with E-state index >= 15 is 0 Å². The summed E-state index contributed by atoms with van der Waals surface area (Å²) in [6, 6.07) is 10.2. The summed E-state index contributed by atoms with van der Waals surface area (Å²) in [4.78, 5) is 10.7. The van der Waals surface area contributed by atoms with Gasteiger partial charge < -0.3 is 4.18 Å². The SMILES string of the molecule is O=C(CCCCc1ccccc1)OS. The van der Waals surface area contributed by atoms with Crippen LogP contribution in [0.4, 0.5) is 0 Å². The van der Waals surface area contributed by atoms with Gasteiger partial charge in [-0.2, -0.15) is 0 Å². The molecular weight excluding hydrogens is 196 g/mol. The number of thiol groups is 1. The first-order valence-electron chi connectivity index (χ1n) is 4.71. The Hall–Kier alpha value is -0.960. The van der Waals surface area contributed by atoms with E-state index in [1.807, 2.05) is 18.2 Å². The summed E-state index contributed by atoms with van der Waals surface area (Å²) < 4.78 is 4.26. The molecule has 0 unspecified atom stereocenters. The van der Waals surface area contributed by atoms with Crippen LogP contribution in [-0.4, -0.2) is 5.97 Å². The van der Waals surface area contributed by atoms with Crippen LogP contribution in [0.3, 0.4) is 0 Å². The van der Waals surface area contributed by atoms with Gasteiger partial charge >= 0.3 is 5.97 Å². The summed E-state index contributed by atoms with van der Waals surface area (Å²) in [5, 5.41) is 0. The van der Waals surface area contributed by atoms with Crippen LogP contribution in [0.1, 0.15) is 24.8 Å². The summed E-state index contributed by atoms with van der Waals surface area (Å²) in [6.45, 7) is 0. The summed E-state index contributed by atoms with van der Waals surface area (Å²) in [7, 11) is 0. The second-order valence-electron chi connectivity index (χ2n) is 3.16. The van der Waals surface area contributed by atoms with Gasteiger partial charge in [-0.1, -0.05) is 30.3 Å². The maximum absolute atomic E-state index is 10.7. The van der Waals surface area contributed by atoms with Crippen molar-refractivity contribution < 1.29 is 8.98 Å². The zero-order valence-corrected chi connectivity index (χ0v) is 8.87. The molecule has 3 heteroatoms. The average molecular weight is 210 g/mol. The van der Waals surface area contributed by atoms with Crippen molar-refractivity contribution in [3.63, 3.8) is 0 Å². The average Bonchev–Trinajstić information content (AvgIpc) is 2.25. The molecule has 0 heterocycles. The number of unbranched alkanes of at least 4 members (excludes halogenated alkanes) is 1. The first-order chi connectivity index (χ1) is 6.83. The number of hydrogen-bond donors (Lipinski definition) is 1. The molecule has 0 amide bonds. The van der Waals surface area contributed by atoms with Gasteiger partial charge in [0.05, 0.1) is 0 Å². The zero-order valence-electron chi connectivity index (χ0n) is 7.98. The minimum Gasteiger partial charge on any atom is -0.395 e. The minimum atomic E-state index is -0.249. The Morgan fingerprint density at radius 1 is 1.21 bits per heavy atom. The highest BCUT2D eigenvalue weighted by molar-refractivity contribution is 7.75. The Bertz CT molecular complexity index is 272. The molecule has 1 aromatic rings. The third-order valence-electron chi connectivity index (χ3n) is 2.04. The van der Waals surface area contributed by atoms with Gasteiger partial charge in [0.1, 0.15) is 0 Å². The fraction of sp³-hybridized carbons (Fsp3) is 0.364. The van der Waals surface area contributed by atoms with Crippen LogP contribution in [0.2, 0.25) is 0 Å². The third kappa shape index (κ3) is 4.33. The molecule has 0 atom stereocenters. The second kappa shape index (κ2) is 6.49. The highest BCUT2D eigenvalue weighted by Crippen LogP contribution is 2.06. The van der Waals surface area contributed by atoms with Gasteiger partial charge in [0.15, 0.2) is 0 Å². The van der Waals surface area contributed by atoms with Gasteiger partial charge in [0.25, 0.3) is 0 Å². The quantitative estimate of drug-likeness (QED) is 0.459. The number of benzene rings is 1. The zero-order chi connectivity index (χ0) is 10.2. The van der Waals surface area contributed by atoms with Gasteiger partial charge in [-0.25, -0.2) is 0 Å². The Morgan fingerprint density at radius 2 is 1.93 bits per heavy atom. The van der Waals surface area contributed by atoms with Gasteiger partial charge in [0, 0.05) is 19.3 Å². The largest absolute Gasteiger partial charge is 0.395 e. The topological polar surface area (TPSA) is 26.3 Å². The van der Waals surface area contributed by atoms with Crippen LogP contribution in [0.15, 0.2) is 30.3 Å². The van der Waals surface area contributed by atoms with Crippen molar-refractivity contribution in [2.45, 2.75) is 25.7 Å². The van der Waals surface area contributed by atoms with E-state index in [0.717, 1.165) is 19.3 Å². The Kier molecular flexibility index (Phi) is 5.15. The molecule has 0 aliphatic heterocycles. The Labute approximate surface area is 89.9 Å². The molecule has 14 heavy (non-hydrogen) atoms. The molecule has 0 radical (unpaired) electrons. The lowest BCUT2D eigenvalue weighted by atomic mass is 10.1. The second-order valence-corrected chi connectivity index (χ2v) is 3.34. The van der Waals surface area contributed by atoms with Crippen LogP contribution < -0.4 is 0 Å². The van der Waals surface area contributed by atoms with E-state index < -0.39 is 0 Å². The molecule has 0 bridgehead atoms. The monoisotopic (exact) mass is 210 g/mol. The fourth-order valence-electron chi connectivity index (χ4n) is 1.29. The fourth-order valence-corrected chi connectivity index (χ4v) is 1.38. The lowest BCUT2D eigenvalue weighted by molar-refractivity contribution is -0.132. The van der Waals surface area contributed by atoms with E-state index in [1.165, 1.54) is 5.56 Å². The molecule has 76 valence electrons. The first-order valence-corrected chi connectivity index (χ1v) is 5.07. The molecule has 0 aliphatic rings. The molecular formula is C11H14O2S. The van der Waals surface area contributed by atoms with Crippen LogP contribution >= 0.6 is 12.9 Å². The standard InChI is InChI=1S/C11H14O2S/c12-11(13-14)9-5-4-8-10-6-2-1-3-7-10/h1-3,6-7,14H,4-5,8-9H2. The maximum atomic E-state index is 10.7. The first kappa shape index (κ1) is 11.1. The smallest absolute Gasteiger partial charge is 0.317 e. The van der Waals surface area contributed by atoms with E-state index in [2.05, 4.69) is 29.2 Å². The van der Waals surface area contributed by atoms with Crippen molar-refractivity contribution >= 4 is 18.9 Å². The van der Waals surface area contributed by atoms with Gasteiger partial charge in [-0.05, 0) is 24.8 Å². The van der Waals surface area contributed by atoms with Crippen molar-refractivity contribution in [1.29, 1.82) is 0 Å². The van der Waals surface area contributed by atoms with Crippen LogP contribution in [-0.2, 0) is 15.4 Å². The van der Waals surface area contributed by atoms with E-state index in [0.29, 0.717) is 6.42 Å². The minimum absolute atomic E-state index is 0.249. The van der Waals surface area contributed by atoms with E-state index in [1.54, 1.807) is 0 Å². The number of aryl methyl sites for hydroxylation is 1. The molecule has 0 saturated carbocycles. The van der Waals surface area contributed by atoms with Crippen LogP contribution in [0.5, 0.6) is 0 Å². The Morgan fingerprint density at radius 3 is 2.57 bits per heavy atom. The molecule has 1 aromatic carbocycles. The molecule has 0 N–H and O–H groups in total. The predicted molar refractivity (Wildman–Crippen MR) is 59.1 cm³/mol. The highest BCUT2D eigenvalue weighted by Gasteiger charge is 1.99. The Balaban J connectivity index is 2.13.